The molecule has 5 nitrogen and oxygen atoms in total. The van der Waals surface area contributed by atoms with Gasteiger partial charge in [0.25, 0.3) is 5.56 Å². The summed E-state index contributed by atoms with van der Waals surface area (Å²) in [6.07, 6.45) is 0.133. The Balaban J connectivity index is 2.02. The van der Waals surface area contributed by atoms with E-state index < -0.39 is 17.6 Å². The van der Waals surface area contributed by atoms with Gasteiger partial charge >= 0.3 is 5.97 Å². The van der Waals surface area contributed by atoms with Crippen molar-refractivity contribution >= 4 is 27.5 Å². The van der Waals surface area contributed by atoms with Gasteiger partial charge in [0.2, 0.25) is 0 Å². The predicted molar refractivity (Wildman–Crippen MR) is 90.1 cm³/mol. The summed E-state index contributed by atoms with van der Waals surface area (Å²) in [5.41, 5.74) is 0.610. The first-order chi connectivity index (χ1) is 11.9. The number of H-pyrrole nitrogens is 1. The van der Waals surface area contributed by atoms with Gasteiger partial charge in [0.1, 0.15) is 15.5 Å². The molecule has 1 aromatic carbocycles. The second kappa shape index (κ2) is 6.72. The van der Waals surface area contributed by atoms with E-state index in [2.05, 4.69) is 9.97 Å². The number of hydrogen-bond acceptors (Lipinski definition) is 5. The Morgan fingerprint density at radius 3 is 2.76 bits per heavy atom. The Morgan fingerprint density at radius 2 is 2.08 bits per heavy atom. The van der Waals surface area contributed by atoms with Crippen molar-refractivity contribution in [3.63, 3.8) is 0 Å². The van der Waals surface area contributed by atoms with E-state index in [0.29, 0.717) is 32.0 Å². The lowest BCUT2D eigenvalue weighted by atomic mass is 10.1. The summed E-state index contributed by atoms with van der Waals surface area (Å²) in [6, 6.07) is 3.50. The van der Waals surface area contributed by atoms with Crippen LogP contribution < -0.4 is 5.56 Å². The number of aromatic nitrogens is 2. The summed E-state index contributed by atoms with van der Waals surface area (Å²) in [7, 11) is 0. The highest BCUT2D eigenvalue weighted by Crippen LogP contribution is 2.27. The number of carbonyl (C=O) groups is 1. The van der Waals surface area contributed by atoms with Crippen LogP contribution in [0.5, 0.6) is 0 Å². The second-order valence-corrected chi connectivity index (χ2v) is 6.39. The van der Waals surface area contributed by atoms with E-state index in [1.165, 1.54) is 6.07 Å². The molecule has 0 aliphatic rings. The lowest BCUT2D eigenvalue weighted by Crippen LogP contribution is -2.12. The SMILES string of the molecule is CCOC(=O)c1sc2nc(Cc3ccc(F)c(F)c3)[nH]c(=O)c2c1C. The monoisotopic (exact) mass is 364 g/mol. The van der Waals surface area contributed by atoms with E-state index in [4.69, 9.17) is 4.74 Å². The number of thiophene rings is 1. The molecular formula is C17H14F2N2O3S. The highest BCUT2D eigenvalue weighted by atomic mass is 32.1. The molecule has 0 radical (unpaired) electrons. The molecule has 0 spiro atoms. The Morgan fingerprint density at radius 1 is 1.32 bits per heavy atom. The molecule has 0 fully saturated rings. The van der Waals surface area contributed by atoms with Crippen molar-refractivity contribution in [2.24, 2.45) is 0 Å². The fourth-order valence-corrected chi connectivity index (χ4v) is 3.60. The maximum atomic E-state index is 13.3. The topological polar surface area (TPSA) is 72.0 Å². The van der Waals surface area contributed by atoms with E-state index >= 15 is 0 Å². The molecule has 130 valence electrons. The summed E-state index contributed by atoms with van der Waals surface area (Å²) >= 11 is 1.08. The van der Waals surface area contributed by atoms with Gasteiger partial charge < -0.3 is 9.72 Å². The average molecular weight is 364 g/mol. The smallest absolute Gasteiger partial charge is 0.348 e. The standard InChI is InChI=1S/C17H14F2N2O3S/c1-3-24-17(23)14-8(2)13-15(22)20-12(21-16(13)25-14)7-9-4-5-10(18)11(19)6-9/h4-6H,3,7H2,1-2H3,(H,20,21,22). The first-order valence-corrected chi connectivity index (χ1v) is 8.35. The molecule has 0 saturated carbocycles. The Labute approximate surface area is 145 Å². The number of ether oxygens (including phenoxy) is 1. The number of fused-ring (bicyclic) bond motifs is 1. The Bertz CT molecular complexity index is 1030. The Hall–Kier alpha value is -2.61. The van der Waals surface area contributed by atoms with Crippen LogP contribution in [-0.4, -0.2) is 22.5 Å². The van der Waals surface area contributed by atoms with E-state index in [-0.39, 0.29) is 18.6 Å². The van der Waals surface area contributed by atoms with Crippen LogP contribution in [0.15, 0.2) is 23.0 Å². The molecule has 0 atom stereocenters. The van der Waals surface area contributed by atoms with Crippen molar-refractivity contribution in [3.8, 4) is 0 Å². The van der Waals surface area contributed by atoms with Crippen molar-refractivity contribution in [1.29, 1.82) is 0 Å². The lowest BCUT2D eigenvalue weighted by Gasteiger charge is -2.02. The van der Waals surface area contributed by atoms with Gasteiger partial charge in [-0.15, -0.1) is 11.3 Å². The average Bonchev–Trinajstić information content (AvgIpc) is 2.88. The molecule has 0 unspecified atom stereocenters. The maximum absolute atomic E-state index is 13.3. The summed E-state index contributed by atoms with van der Waals surface area (Å²) in [4.78, 5) is 32.0. The maximum Gasteiger partial charge on any atom is 0.348 e. The highest BCUT2D eigenvalue weighted by Gasteiger charge is 2.20. The van der Waals surface area contributed by atoms with Crippen LogP contribution >= 0.6 is 11.3 Å². The predicted octanol–water partition coefficient (Wildman–Crippen LogP) is 3.34. The molecule has 2 heterocycles. The van der Waals surface area contributed by atoms with Gasteiger partial charge in [0, 0.05) is 6.42 Å². The number of esters is 1. The zero-order chi connectivity index (χ0) is 18.1. The summed E-state index contributed by atoms with van der Waals surface area (Å²) in [6.45, 7) is 3.60. The summed E-state index contributed by atoms with van der Waals surface area (Å²) in [5.74, 6) is -2.09. The van der Waals surface area contributed by atoms with E-state index in [1.807, 2.05) is 0 Å². The number of carbonyl (C=O) groups excluding carboxylic acids is 1. The number of benzene rings is 1. The number of aromatic amines is 1. The van der Waals surface area contributed by atoms with Crippen molar-refractivity contribution in [2.45, 2.75) is 20.3 Å². The fraction of sp³-hybridized carbons (Fsp3) is 0.235. The minimum Gasteiger partial charge on any atom is -0.462 e. The van der Waals surface area contributed by atoms with Crippen LogP contribution in [0.4, 0.5) is 8.78 Å². The van der Waals surface area contributed by atoms with Crippen molar-refractivity contribution < 1.29 is 18.3 Å². The molecule has 3 aromatic rings. The number of rotatable bonds is 4. The zero-order valence-electron chi connectivity index (χ0n) is 13.5. The zero-order valence-corrected chi connectivity index (χ0v) is 14.3. The summed E-state index contributed by atoms with van der Waals surface area (Å²) < 4.78 is 31.3. The molecule has 2 aromatic heterocycles. The molecule has 25 heavy (non-hydrogen) atoms. The van der Waals surface area contributed by atoms with Gasteiger partial charge in [-0.25, -0.2) is 18.6 Å². The Kier molecular flexibility index (Phi) is 4.63. The number of hydrogen-bond donors (Lipinski definition) is 1. The second-order valence-electron chi connectivity index (χ2n) is 5.39. The fourth-order valence-electron chi connectivity index (χ4n) is 2.51. The van der Waals surface area contributed by atoms with Crippen LogP contribution in [0.3, 0.4) is 0 Å². The third kappa shape index (κ3) is 3.30. The normalized spacial score (nSPS) is 11.0. The number of aryl methyl sites for hydroxylation is 1. The first kappa shape index (κ1) is 17.2. The van der Waals surface area contributed by atoms with Gasteiger partial charge in [-0.3, -0.25) is 4.79 Å². The molecule has 0 aliphatic heterocycles. The van der Waals surface area contributed by atoms with E-state index in [0.717, 1.165) is 23.5 Å². The van der Waals surface area contributed by atoms with E-state index in [9.17, 15) is 18.4 Å². The van der Waals surface area contributed by atoms with Crippen molar-refractivity contribution in [3.05, 3.63) is 62.0 Å². The molecule has 0 bridgehead atoms. The number of nitrogens with zero attached hydrogens (tertiary/aromatic N) is 1. The molecule has 3 rings (SSSR count). The molecule has 8 heteroatoms. The summed E-state index contributed by atoms with van der Waals surface area (Å²) in [5, 5.41) is 0.335. The van der Waals surface area contributed by atoms with Crippen LogP contribution in [0.1, 0.15) is 33.5 Å². The van der Waals surface area contributed by atoms with Crippen molar-refractivity contribution in [2.75, 3.05) is 6.61 Å². The van der Waals surface area contributed by atoms with Gasteiger partial charge in [-0.1, -0.05) is 6.07 Å². The van der Waals surface area contributed by atoms with Gasteiger partial charge in [0.15, 0.2) is 11.6 Å². The van der Waals surface area contributed by atoms with Gasteiger partial charge in [-0.05, 0) is 37.1 Å². The third-order valence-electron chi connectivity index (χ3n) is 3.67. The molecule has 1 N–H and O–H groups in total. The third-order valence-corrected chi connectivity index (χ3v) is 4.83. The first-order valence-electron chi connectivity index (χ1n) is 7.54. The molecule has 0 amide bonds. The van der Waals surface area contributed by atoms with Crippen LogP contribution in [0.2, 0.25) is 0 Å². The van der Waals surface area contributed by atoms with Crippen LogP contribution in [0, 0.1) is 18.6 Å². The molecule has 0 saturated heterocycles. The molecule has 0 aliphatic carbocycles. The van der Waals surface area contributed by atoms with Crippen molar-refractivity contribution in [1.82, 2.24) is 9.97 Å². The highest BCUT2D eigenvalue weighted by molar-refractivity contribution is 7.20. The van der Waals surface area contributed by atoms with Gasteiger partial charge in [0.05, 0.1) is 12.0 Å². The quantitative estimate of drug-likeness (QED) is 0.721. The van der Waals surface area contributed by atoms with Crippen LogP contribution in [0.25, 0.3) is 10.2 Å². The van der Waals surface area contributed by atoms with E-state index in [1.54, 1.807) is 13.8 Å². The minimum atomic E-state index is -0.961. The molecular weight excluding hydrogens is 350 g/mol. The largest absolute Gasteiger partial charge is 0.462 e. The minimum absolute atomic E-state index is 0.133. The number of nitrogens with one attached hydrogen (secondary N) is 1. The van der Waals surface area contributed by atoms with Gasteiger partial charge in [-0.2, -0.15) is 0 Å². The number of halogens is 2. The lowest BCUT2D eigenvalue weighted by molar-refractivity contribution is 0.0531. The van der Waals surface area contributed by atoms with Crippen LogP contribution in [-0.2, 0) is 11.2 Å².